The van der Waals surface area contributed by atoms with Crippen LogP contribution in [-0.2, 0) is 6.54 Å². The van der Waals surface area contributed by atoms with Gasteiger partial charge in [0.25, 0.3) is 0 Å². The Bertz CT molecular complexity index is 437. The highest BCUT2D eigenvalue weighted by atomic mass is 16.2. The van der Waals surface area contributed by atoms with Crippen LogP contribution in [0, 0.1) is 12.8 Å². The first-order chi connectivity index (χ1) is 9.56. The Morgan fingerprint density at radius 3 is 2.80 bits per heavy atom. The standard InChI is InChI=1S/C15H26N4O/c1-11-9-16-14(17-11)10-19(3)15(20)18-12(2)13-7-5-4-6-8-13/h9,12-13H,4-8,10H2,1-3H3,(H,16,17)(H,18,20)/t12-/m1/s1. The molecule has 1 heterocycles. The molecular weight excluding hydrogens is 252 g/mol. The summed E-state index contributed by atoms with van der Waals surface area (Å²) in [4.78, 5) is 21.2. The van der Waals surface area contributed by atoms with Crippen molar-refractivity contribution in [1.29, 1.82) is 0 Å². The predicted octanol–water partition coefficient (Wildman–Crippen LogP) is 2.83. The average Bonchev–Trinajstić information content (AvgIpc) is 2.85. The highest BCUT2D eigenvalue weighted by Crippen LogP contribution is 2.26. The number of amides is 2. The normalized spacial score (nSPS) is 17.8. The number of rotatable bonds is 4. The molecule has 0 radical (unpaired) electrons. The third kappa shape index (κ3) is 3.99. The molecule has 2 N–H and O–H groups in total. The Balaban J connectivity index is 1.80. The third-order valence-corrected chi connectivity index (χ3v) is 4.20. The SMILES string of the molecule is Cc1cnc(CN(C)C(=O)N[C@H](C)C2CCCCC2)[nH]1. The number of carbonyl (C=O) groups excluding carboxylic acids is 1. The Labute approximate surface area is 121 Å². The number of urea groups is 1. The zero-order valence-electron chi connectivity index (χ0n) is 12.8. The van der Waals surface area contributed by atoms with Gasteiger partial charge in [-0.1, -0.05) is 19.3 Å². The minimum Gasteiger partial charge on any atom is -0.345 e. The molecule has 2 amide bonds. The molecular formula is C15H26N4O. The summed E-state index contributed by atoms with van der Waals surface area (Å²) in [6, 6.07) is 0.237. The number of aromatic nitrogens is 2. The van der Waals surface area contributed by atoms with E-state index in [0.29, 0.717) is 12.5 Å². The van der Waals surface area contributed by atoms with Gasteiger partial charge in [-0.15, -0.1) is 0 Å². The van der Waals surface area contributed by atoms with E-state index in [2.05, 4.69) is 22.2 Å². The summed E-state index contributed by atoms with van der Waals surface area (Å²) >= 11 is 0. The van der Waals surface area contributed by atoms with Crippen LogP contribution in [0.5, 0.6) is 0 Å². The van der Waals surface area contributed by atoms with Crippen LogP contribution in [0.15, 0.2) is 6.20 Å². The van der Waals surface area contributed by atoms with Crippen LogP contribution < -0.4 is 5.32 Å². The molecule has 1 aromatic rings. The average molecular weight is 278 g/mol. The summed E-state index contributed by atoms with van der Waals surface area (Å²) in [6.07, 6.45) is 8.20. The van der Waals surface area contributed by atoms with Crippen LogP contribution in [0.25, 0.3) is 0 Å². The van der Waals surface area contributed by atoms with Crippen molar-refractivity contribution in [3.63, 3.8) is 0 Å². The largest absolute Gasteiger partial charge is 0.345 e. The summed E-state index contributed by atoms with van der Waals surface area (Å²) in [5.41, 5.74) is 1.02. The van der Waals surface area contributed by atoms with Crippen molar-refractivity contribution in [2.24, 2.45) is 5.92 Å². The van der Waals surface area contributed by atoms with Gasteiger partial charge in [0.2, 0.25) is 0 Å². The van der Waals surface area contributed by atoms with E-state index >= 15 is 0 Å². The molecule has 1 atom stereocenters. The first-order valence-corrected chi connectivity index (χ1v) is 7.58. The molecule has 2 rings (SSSR count). The number of imidazole rings is 1. The third-order valence-electron chi connectivity index (χ3n) is 4.20. The van der Waals surface area contributed by atoms with Gasteiger partial charge in [-0.05, 0) is 32.6 Å². The number of nitrogens with one attached hydrogen (secondary N) is 2. The second-order valence-corrected chi connectivity index (χ2v) is 6.01. The van der Waals surface area contributed by atoms with Crippen molar-refractivity contribution in [1.82, 2.24) is 20.2 Å². The zero-order valence-corrected chi connectivity index (χ0v) is 12.8. The molecule has 0 aromatic carbocycles. The fourth-order valence-electron chi connectivity index (χ4n) is 2.90. The number of carbonyl (C=O) groups is 1. The first-order valence-electron chi connectivity index (χ1n) is 7.58. The lowest BCUT2D eigenvalue weighted by molar-refractivity contribution is 0.192. The summed E-state index contributed by atoms with van der Waals surface area (Å²) in [6.45, 7) is 4.59. The number of nitrogens with zero attached hydrogens (tertiary/aromatic N) is 2. The van der Waals surface area contributed by atoms with E-state index in [4.69, 9.17) is 0 Å². The van der Waals surface area contributed by atoms with Crippen molar-refractivity contribution in [3.05, 3.63) is 17.7 Å². The summed E-state index contributed by atoms with van der Waals surface area (Å²) in [7, 11) is 1.81. The highest BCUT2D eigenvalue weighted by Gasteiger charge is 2.22. The molecule has 20 heavy (non-hydrogen) atoms. The maximum absolute atomic E-state index is 12.2. The van der Waals surface area contributed by atoms with Crippen molar-refractivity contribution < 1.29 is 4.79 Å². The van der Waals surface area contributed by atoms with E-state index in [1.165, 1.54) is 32.1 Å². The molecule has 5 heteroatoms. The number of hydrogen-bond acceptors (Lipinski definition) is 2. The van der Waals surface area contributed by atoms with Gasteiger partial charge in [0.15, 0.2) is 0 Å². The smallest absolute Gasteiger partial charge is 0.317 e. The van der Waals surface area contributed by atoms with E-state index in [1.807, 2.05) is 6.92 Å². The molecule has 0 bridgehead atoms. The number of aromatic amines is 1. The molecule has 0 unspecified atom stereocenters. The fourth-order valence-corrected chi connectivity index (χ4v) is 2.90. The Morgan fingerprint density at radius 2 is 2.20 bits per heavy atom. The van der Waals surface area contributed by atoms with Crippen LogP contribution in [-0.4, -0.2) is 34.0 Å². The Morgan fingerprint density at radius 1 is 1.50 bits per heavy atom. The molecule has 1 saturated carbocycles. The molecule has 1 aliphatic carbocycles. The van der Waals surface area contributed by atoms with E-state index in [9.17, 15) is 4.79 Å². The van der Waals surface area contributed by atoms with Crippen molar-refractivity contribution >= 4 is 6.03 Å². The van der Waals surface area contributed by atoms with Crippen LogP contribution in [0.4, 0.5) is 4.79 Å². The molecule has 5 nitrogen and oxygen atoms in total. The maximum Gasteiger partial charge on any atom is 0.317 e. The summed E-state index contributed by atoms with van der Waals surface area (Å²) in [5.74, 6) is 1.46. The van der Waals surface area contributed by atoms with Crippen molar-refractivity contribution in [2.75, 3.05) is 7.05 Å². The van der Waals surface area contributed by atoms with Crippen molar-refractivity contribution in [3.8, 4) is 0 Å². The molecule has 112 valence electrons. The quantitative estimate of drug-likeness (QED) is 0.889. The van der Waals surface area contributed by atoms with E-state index in [0.717, 1.165) is 11.5 Å². The zero-order chi connectivity index (χ0) is 14.5. The van der Waals surface area contributed by atoms with Crippen LogP contribution in [0.3, 0.4) is 0 Å². The Kier molecular flexibility index (Phi) is 5.04. The lowest BCUT2D eigenvalue weighted by Gasteiger charge is -2.29. The van der Waals surface area contributed by atoms with E-state index in [-0.39, 0.29) is 12.1 Å². The topological polar surface area (TPSA) is 61.0 Å². The van der Waals surface area contributed by atoms with E-state index < -0.39 is 0 Å². The summed E-state index contributed by atoms with van der Waals surface area (Å²) in [5, 5.41) is 3.12. The number of hydrogen-bond donors (Lipinski definition) is 2. The number of H-pyrrole nitrogens is 1. The molecule has 1 aliphatic rings. The molecule has 0 saturated heterocycles. The monoisotopic (exact) mass is 278 g/mol. The second-order valence-electron chi connectivity index (χ2n) is 6.01. The van der Waals surface area contributed by atoms with Crippen LogP contribution in [0.1, 0.15) is 50.5 Å². The molecule has 1 fully saturated rings. The molecule has 0 spiro atoms. The second kappa shape index (κ2) is 6.77. The first kappa shape index (κ1) is 14.9. The van der Waals surface area contributed by atoms with Gasteiger partial charge < -0.3 is 15.2 Å². The van der Waals surface area contributed by atoms with Gasteiger partial charge in [0.1, 0.15) is 5.82 Å². The Hall–Kier alpha value is -1.52. The van der Waals surface area contributed by atoms with Gasteiger partial charge in [-0.25, -0.2) is 9.78 Å². The summed E-state index contributed by atoms with van der Waals surface area (Å²) < 4.78 is 0. The van der Waals surface area contributed by atoms with Gasteiger partial charge in [-0.2, -0.15) is 0 Å². The van der Waals surface area contributed by atoms with Crippen LogP contribution in [0.2, 0.25) is 0 Å². The van der Waals surface area contributed by atoms with Gasteiger partial charge in [0.05, 0.1) is 6.54 Å². The number of aryl methyl sites for hydroxylation is 1. The fraction of sp³-hybridized carbons (Fsp3) is 0.733. The van der Waals surface area contributed by atoms with Crippen LogP contribution >= 0.6 is 0 Å². The van der Waals surface area contributed by atoms with Gasteiger partial charge >= 0.3 is 6.03 Å². The molecule has 0 aliphatic heterocycles. The minimum absolute atomic E-state index is 0.0165. The van der Waals surface area contributed by atoms with Gasteiger partial charge in [-0.3, -0.25) is 0 Å². The van der Waals surface area contributed by atoms with Gasteiger partial charge in [0, 0.05) is 25.0 Å². The lowest BCUT2D eigenvalue weighted by Crippen LogP contribution is -2.45. The van der Waals surface area contributed by atoms with Crippen molar-refractivity contribution in [2.45, 2.75) is 58.5 Å². The lowest BCUT2D eigenvalue weighted by atomic mass is 9.84. The highest BCUT2D eigenvalue weighted by molar-refractivity contribution is 5.74. The maximum atomic E-state index is 12.2. The molecule has 1 aromatic heterocycles. The minimum atomic E-state index is -0.0165. The van der Waals surface area contributed by atoms with E-state index in [1.54, 1.807) is 18.1 Å². The predicted molar refractivity (Wildman–Crippen MR) is 79.4 cm³/mol.